The zero-order valence-electron chi connectivity index (χ0n) is 6.46. The molecular weight excluding hydrogens is 372 g/mol. The molecule has 0 aliphatic rings. The molecular formula is C6Cl6MnO2. The van der Waals surface area contributed by atoms with Gasteiger partial charge in [0.2, 0.25) is 0 Å². The summed E-state index contributed by atoms with van der Waals surface area (Å²) >= 11 is 32.6. The van der Waals surface area contributed by atoms with Crippen molar-refractivity contribution in [2.24, 2.45) is 0 Å². The Balaban J connectivity index is 0.000000583. The van der Waals surface area contributed by atoms with Gasteiger partial charge in [-0.1, -0.05) is 69.6 Å². The zero-order valence-corrected chi connectivity index (χ0v) is 12.2. The van der Waals surface area contributed by atoms with E-state index in [2.05, 4.69) is 0 Å². The van der Waals surface area contributed by atoms with E-state index >= 15 is 0 Å². The van der Waals surface area contributed by atoms with Gasteiger partial charge in [0, 0.05) is 0 Å². The summed E-state index contributed by atoms with van der Waals surface area (Å²) in [6.45, 7) is 0. The molecule has 1 rings (SSSR count). The molecule has 0 aliphatic carbocycles. The van der Waals surface area contributed by atoms with Crippen LogP contribution in [-0.2, 0) is 22.5 Å². The molecule has 0 saturated carbocycles. The minimum atomic E-state index is -1.44. The summed E-state index contributed by atoms with van der Waals surface area (Å²) in [5, 5.41) is 0.654. The van der Waals surface area contributed by atoms with Crippen LogP contribution < -0.4 is 0 Å². The first-order valence-electron chi connectivity index (χ1n) is 2.94. The van der Waals surface area contributed by atoms with Crippen LogP contribution in [0.2, 0.25) is 30.1 Å². The van der Waals surface area contributed by atoms with Crippen molar-refractivity contribution in [1.82, 2.24) is 0 Å². The van der Waals surface area contributed by atoms with Crippen LogP contribution in [0.4, 0.5) is 0 Å². The van der Waals surface area contributed by atoms with Crippen molar-refractivity contribution >= 4 is 69.6 Å². The molecule has 0 N–H and O–H groups in total. The Morgan fingerprint density at radius 2 is 0.600 bits per heavy atom. The van der Waals surface area contributed by atoms with Crippen LogP contribution in [-0.4, -0.2) is 0 Å². The van der Waals surface area contributed by atoms with Crippen LogP contribution in [0, 0.1) is 0 Å². The minimum absolute atomic E-state index is 0.109. The number of hydrogen-bond donors (Lipinski definition) is 0. The number of benzene rings is 1. The van der Waals surface area contributed by atoms with E-state index in [0.717, 1.165) is 0 Å². The molecule has 0 radical (unpaired) electrons. The van der Waals surface area contributed by atoms with E-state index in [4.69, 9.17) is 77.3 Å². The van der Waals surface area contributed by atoms with E-state index in [9.17, 15) is 0 Å². The molecule has 0 saturated heterocycles. The third-order valence-corrected chi connectivity index (χ3v) is 4.00. The van der Waals surface area contributed by atoms with Gasteiger partial charge >= 0.3 is 22.5 Å². The number of rotatable bonds is 0. The second kappa shape index (κ2) is 7.41. The molecule has 1 aromatic rings. The normalized spacial score (nSPS) is 9.20. The number of halogens is 6. The zero-order chi connectivity index (χ0) is 12.2. The predicted octanol–water partition coefficient (Wildman–Crippen LogP) is 5.37. The average Bonchev–Trinajstić information content (AvgIpc) is 2.22. The Morgan fingerprint density at radius 1 is 0.533 bits per heavy atom. The maximum atomic E-state index is 8.41. The summed E-state index contributed by atoms with van der Waals surface area (Å²) < 4.78 is 16.8. The van der Waals surface area contributed by atoms with Gasteiger partial charge in [-0.25, -0.2) is 0 Å². The summed E-state index contributed by atoms with van der Waals surface area (Å²) in [5.74, 6) is 0. The van der Waals surface area contributed by atoms with E-state index < -0.39 is 14.8 Å². The van der Waals surface area contributed by atoms with Crippen molar-refractivity contribution in [2.75, 3.05) is 0 Å². The van der Waals surface area contributed by atoms with E-state index in [1.807, 2.05) is 0 Å². The molecule has 0 aromatic heterocycles. The van der Waals surface area contributed by atoms with Gasteiger partial charge in [-0.2, -0.15) is 0 Å². The SMILES string of the molecule is Clc1c(Cl)c(Cl)c(Cl)c(Cl)c1Cl.[O]=[Mn]=[O]. The summed E-state index contributed by atoms with van der Waals surface area (Å²) in [7, 11) is 0. The Morgan fingerprint density at radius 3 is 0.667 bits per heavy atom. The molecule has 2 nitrogen and oxygen atoms in total. The summed E-state index contributed by atoms with van der Waals surface area (Å²) in [6.07, 6.45) is 0. The van der Waals surface area contributed by atoms with Crippen molar-refractivity contribution in [2.45, 2.75) is 0 Å². The standard InChI is InChI=1S/C6Cl6.Mn.2O/c7-1-2(8)4(10)6(12)5(11)3(1)9;;;. The Kier molecular flexibility index (Phi) is 7.95. The van der Waals surface area contributed by atoms with Gasteiger partial charge in [0.15, 0.2) is 0 Å². The van der Waals surface area contributed by atoms with E-state index in [1.165, 1.54) is 0 Å². The van der Waals surface area contributed by atoms with Crippen LogP contribution in [0.25, 0.3) is 0 Å². The fraction of sp³-hybridized carbons (Fsp3) is 0. The molecule has 0 bridgehead atoms. The van der Waals surface area contributed by atoms with Gasteiger partial charge in [0.1, 0.15) is 0 Å². The van der Waals surface area contributed by atoms with E-state index in [1.54, 1.807) is 0 Å². The topological polar surface area (TPSA) is 34.1 Å². The van der Waals surface area contributed by atoms with Gasteiger partial charge < -0.3 is 0 Å². The van der Waals surface area contributed by atoms with Gasteiger partial charge in [-0.05, 0) is 0 Å². The molecule has 0 spiro atoms. The summed E-state index contributed by atoms with van der Waals surface area (Å²) in [6, 6.07) is 0. The van der Waals surface area contributed by atoms with Crippen LogP contribution in [0.3, 0.4) is 0 Å². The first-order valence-corrected chi connectivity index (χ1v) is 6.17. The molecule has 0 fully saturated rings. The van der Waals surface area contributed by atoms with Crippen molar-refractivity contribution in [1.29, 1.82) is 0 Å². The fourth-order valence-corrected chi connectivity index (χ4v) is 2.00. The van der Waals surface area contributed by atoms with Crippen molar-refractivity contribution in [3.05, 3.63) is 30.1 Å². The van der Waals surface area contributed by atoms with Gasteiger partial charge in [-0.15, -0.1) is 0 Å². The molecule has 0 atom stereocenters. The number of hydrogen-bond acceptors (Lipinski definition) is 2. The van der Waals surface area contributed by atoms with E-state index in [-0.39, 0.29) is 30.1 Å². The molecule has 9 heteroatoms. The first-order chi connectivity index (χ1) is 6.88. The molecule has 0 heterocycles. The van der Waals surface area contributed by atoms with Crippen LogP contribution in [0.5, 0.6) is 0 Å². The second-order valence-corrected chi connectivity index (χ2v) is 4.41. The third kappa shape index (κ3) is 4.10. The van der Waals surface area contributed by atoms with E-state index in [0.29, 0.717) is 0 Å². The Bertz CT molecular complexity index is 310. The van der Waals surface area contributed by atoms with Crippen LogP contribution >= 0.6 is 69.6 Å². The fourth-order valence-electron chi connectivity index (χ4n) is 0.578. The molecule has 15 heavy (non-hydrogen) atoms. The Hall–Kier alpha value is 1.08. The Labute approximate surface area is 121 Å². The van der Waals surface area contributed by atoms with Gasteiger partial charge in [0.25, 0.3) is 0 Å². The molecule has 0 aliphatic heterocycles. The molecule has 0 unspecified atom stereocenters. The van der Waals surface area contributed by atoms with Crippen molar-refractivity contribution < 1.29 is 22.5 Å². The molecule has 0 amide bonds. The summed E-state index contributed by atoms with van der Waals surface area (Å²) in [4.78, 5) is 0. The molecule has 85 valence electrons. The van der Waals surface area contributed by atoms with Crippen molar-refractivity contribution in [3.63, 3.8) is 0 Å². The van der Waals surface area contributed by atoms with Gasteiger partial charge in [-0.3, -0.25) is 0 Å². The van der Waals surface area contributed by atoms with Gasteiger partial charge in [0.05, 0.1) is 30.1 Å². The van der Waals surface area contributed by atoms with Crippen LogP contribution in [0.15, 0.2) is 0 Å². The first kappa shape index (κ1) is 16.1. The van der Waals surface area contributed by atoms with Crippen molar-refractivity contribution in [3.8, 4) is 0 Å². The maximum absolute atomic E-state index is 8.41. The predicted molar refractivity (Wildman–Crippen MR) is 57.9 cm³/mol. The molecule has 1 aromatic carbocycles. The van der Waals surface area contributed by atoms with Crippen LogP contribution in [0.1, 0.15) is 0 Å². The average molecular weight is 372 g/mol. The third-order valence-electron chi connectivity index (χ3n) is 1.16. The monoisotopic (exact) mass is 369 g/mol. The summed E-state index contributed by atoms with van der Waals surface area (Å²) in [5.41, 5.74) is 0. The second-order valence-electron chi connectivity index (χ2n) is 1.95. The quantitative estimate of drug-likeness (QED) is 0.349.